The fourth-order valence-corrected chi connectivity index (χ4v) is 5.04. The van der Waals surface area contributed by atoms with Crippen molar-refractivity contribution in [3.8, 4) is 0 Å². The molecular weight excluding hydrogens is 342 g/mol. The van der Waals surface area contributed by atoms with Gasteiger partial charge in [-0.05, 0) is 34.5 Å². The Kier molecular flexibility index (Phi) is 5.32. The van der Waals surface area contributed by atoms with Gasteiger partial charge < -0.3 is 4.74 Å². The average molecular weight is 356 g/mol. The van der Waals surface area contributed by atoms with Gasteiger partial charge in [0.25, 0.3) is 10.0 Å². The van der Waals surface area contributed by atoms with Crippen molar-refractivity contribution in [2.45, 2.75) is 18.1 Å². The Bertz CT molecular complexity index is 519. The molecule has 0 amide bonds. The summed E-state index contributed by atoms with van der Waals surface area (Å²) in [6.45, 7) is 3.43. The van der Waals surface area contributed by atoms with E-state index in [9.17, 15) is 13.2 Å². The van der Waals surface area contributed by atoms with E-state index in [1.807, 2.05) is 6.92 Å². The molecule has 1 aromatic heterocycles. The summed E-state index contributed by atoms with van der Waals surface area (Å²) >= 11 is 4.42. The maximum Gasteiger partial charge on any atom is 0.321 e. The molecule has 1 rings (SSSR count). The van der Waals surface area contributed by atoms with E-state index in [4.69, 9.17) is 0 Å². The number of methoxy groups -OCH3 is 1. The SMILES string of the molecule is CCN(CC(=O)OC)S(=O)(=O)c1cc(C)c(Br)s1. The monoisotopic (exact) mass is 355 g/mol. The van der Waals surface area contributed by atoms with Gasteiger partial charge in [-0.15, -0.1) is 11.3 Å². The summed E-state index contributed by atoms with van der Waals surface area (Å²) < 4.78 is 31.2. The number of esters is 1. The second-order valence-electron chi connectivity index (χ2n) is 3.53. The second kappa shape index (κ2) is 6.14. The minimum Gasteiger partial charge on any atom is -0.468 e. The summed E-state index contributed by atoms with van der Waals surface area (Å²) in [6.07, 6.45) is 0. The van der Waals surface area contributed by atoms with Gasteiger partial charge in [0.2, 0.25) is 0 Å². The zero-order valence-electron chi connectivity index (χ0n) is 10.3. The number of thiophene rings is 1. The smallest absolute Gasteiger partial charge is 0.321 e. The molecule has 18 heavy (non-hydrogen) atoms. The molecule has 0 N–H and O–H groups in total. The van der Waals surface area contributed by atoms with Crippen molar-refractivity contribution in [2.75, 3.05) is 20.2 Å². The highest BCUT2D eigenvalue weighted by Crippen LogP contribution is 2.32. The number of aryl methyl sites for hydroxylation is 1. The van der Waals surface area contributed by atoms with Crippen molar-refractivity contribution in [3.63, 3.8) is 0 Å². The summed E-state index contributed by atoms with van der Waals surface area (Å²) in [5, 5.41) is 0. The maximum atomic E-state index is 12.3. The highest BCUT2D eigenvalue weighted by molar-refractivity contribution is 9.11. The zero-order chi connectivity index (χ0) is 13.9. The van der Waals surface area contributed by atoms with Crippen LogP contribution in [-0.4, -0.2) is 38.9 Å². The molecule has 0 bridgehead atoms. The number of halogens is 1. The van der Waals surface area contributed by atoms with Gasteiger partial charge in [0, 0.05) is 6.54 Å². The van der Waals surface area contributed by atoms with Gasteiger partial charge >= 0.3 is 5.97 Å². The largest absolute Gasteiger partial charge is 0.468 e. The topological polar surface area (TPSA) is 63.7 Å². The van der Waals surface area contributed by atoms with Crippen LogP contribution in [0.1, 0.15) is 12.5 Å². The van der Waals surface area contributed by atoms with Crippen LogP contribution < -0.4 is 0 Å². The predicted molar refractivity (Wildman–Crippen MR) is 73.2 cm³/mol. The van der Waals surface area contributed by atoms with Gasteiger partial charge in [0.15, 0.2) is 0 Å². The first-order chi connectivity index (χ1) is 8.32. The Morgan fingerprint density at radius 3 is 2.56 bits per heavy atom. The first kappa shape index (κ1) is 15.6. The van der Waals surface area contributed by atoms with Crippen molar-refractivity contribution in [3.05, 3.63) is 15.4 Å². The van der Waals surface area contributed by atoms with Crippen LogP contribution >= 0.6 is 27.3 Å². The third-order valence-corrected chi connectivity index (χ3v) is 6.82. The lowest BCUT2D eigenvalue weighted by Crippen LogP contribution is -2.35. The van der Waals surface area contributed by atoms with E-state index in [2.05, 4.69) is 20.7 Å². The lowest BCUT2D eigenvalue weighted by atomic mass is 10.4. The molecule has 0 aliphatic heterocycles. The normalized spacial score (nSPS) is 11.8. The Morgan fingerprint density at radius 1 is 1.56 bits per heavy atom. The number of hydrogen-bond donors (Lipinski definition) is 0. The third kappa shape index (κ3) is 3.31. The van der Waals surface area contributed by atoms with Crippen LogP contribution in [0.3, 0.4) is 0 Å². The summed E-state index contributed by atoms with van der Waals surface area (Å²) in [5.41, 5.74) is 0.854. The molecule has 1 aromatic rings. The molecule has 0 radical (unpaired) electrons. The number of ether oxygens (including phenoxy) is 1. The average Bonchev–Trinajstić information content (AvgIpc) is 2.66. The summed E-state index contributed by atoms with van der Waals surface area (Å²) in [7, 11) is -2.41. The van der Waals surface area contributed by atoms with Crippen LogP contribution in [-0.2, 0) is 19.6 Å². The van der Waals surface area contributed by atoms with Gasteiger partial charge in [-0.3, -0.25) is 4.79 Å². The van der Waals surface area contributed by atoms with Crippen molar-refractivity contribution in [2.24, 2.45) is 0 Å². The molecule has 0 aliphatic rings. The predicted octanol–water partition coefficient (Wildman–Crippen LogP) is 2.00. The van der Waals surface area contributed by atoms with Gasteiger partial charge in [0.1, 0.15) is 10.8 Å². The molecule has 0 unspecified atom stereocenters. The van der Waals surface area contributed by atoms with E-state index in [0.717, 1.165) is 25.0 Å². The van der Waals surface area contributed by atoms with Crippen molar-refractivity contribution in [1.29, 1.82) is 0 Å². The number of sulfonamides is 1. The van der Waals surface area contributed by atoms with E-state index in [1.165, 1.54) is 7.11 Å². The van der Waals surface area contributed by atoms with Gasteiger partial charge in [-0.25, -0.2) is 8.42 Å². The molecule has 1 heterocycles. The minimum atomic E-state index is -3.64. The zero-order valence-corrected chi connectivity index (χ0v) is 13.5. The highest BCUT2D eigenvalue weighted by atomic mass is 79.9. The van der Waals surface area contributed by atoms with Gasteiger partial charge in [-0.1, -0.05) is 6.92 Å². The lowest BCUT2D eigenvalue weighted by Gasteiger charge is -2.17. The van der Waals surface area contributed by atoms with Gasteiger partial charge in [-0.2, -0.15) is 4.31 Å². The van der Waals surface area contributed by atoms with Crippen LogP contribution in [0.15, 0.2) is 14.1 Å². The molecule has 0 aromatic carbocycles. The Labute approximate surface area is 119 Å². The molecule has 0 atom stereocenters. The van der Waals surface area contributed by atoms with E-state index >= 15 is 0 Å². The first-order valence-corrected chi connectivity index (χ1v) is 8.20. The van der Waals surface area contributed by atoms with Crippen LogP contribution in [0.2, 0.25) is 0 Å². The molecule has 0 saturated heterocycles. The van der Waals surface area contributed by atoms with Crippen LogP contribution in [0.4, 0.5) is 0 Å². The van der Waals surface area contributed by atoms with Crippen molar-refractivity contribution in [1.82, 2.24) is 4.31 Å². The fourth-order valence-electron chi connectivity index (χ4n) is 1.26. The van der Waals surface area contributed by atoms with Gasteiger partial charge in [0.05, 0.1) is 10.9 Å². The highest BCUT2D eigenvalue weighted by Gasteiger charge is 2.27. The molecule has 0 fully saturated rings. The summed E-state index contributed by atoms with van der Waals surface area (Å²) in [4.78, 5) is 11.2. The van der Waals surface area contributed by atoms with Crippen LogP contribution in [0, 0.1) is 6.92 Å². The Balaban J connectivity index is 3.07. The Morgan fingerprint density at radius 2 is 2.17 bits per heavy atom. The molecule has 8 heteroatoms. The fraction of sp³-hybridized carbons (Fsp3) is 0.500. The number of nitrogens with zero attached hydrogens (tertiary/aromatic N) is 1. The van der Waals surface area contributed by atoms with Crippen molar-refractivity contribution >= 4 is 43.3 Å². The Hall–Kier alpha value is -0.440. The number of hydrogen-bond acceptors (Lipinski definition) is 5. The molecule has 0 spiro atoms. The van der Waals surface area contributed by atoms with E-state index in [0.29, 0.717) is 0 Å². The summed E-state index contributed by atoms with van der Waals surface area (Å²) in [5.74, 6) is -0.576. The molecule has 0 aliphatic carbocycles. The van der Waals surface area contributed by atoms with E-state index in [1.54, 1.807) is 13.0 Å². The molecule has 102 valence electrons. The first-order valence-electron chi connectivity index (χ1n) is 5.15. The third-order valence-electron chi connectivity index (χ3n) is 2.31. The molecule has 0 saturated carbocycles. The number of carbonyl (C=O) groups excluding carboxylic acids is 1. The molecule has 5 nitrogen and oxygen atoms in total. The number of carbonyl (C=O) groups is 1. The minimum absolute atomic E-state index is 0.214. The maximum absolute atomic E-state index is 12.3. The standard InChI is InChI=1S/C10H14BrNO4S2/c1-4-12(6-8(13)16-3)18(14,15)9-5-7(2)10(11)17-9/h5H,4,6H2,1-3H3. The number of likely N-dealkylation sites (N-methyl/N-ethyl adjacent to an activating group) is 1. The van der Waals surface area contributed by atoms with E-state index < -0.39 is 16.0 Å². The van der Waals surface area contributed by atoms with Crippen LogP contribution in [0.25, 0.3) is 0 Å². The second-order valence-corrected chi connectivity index (χ2v) is 8.06. The van der Waals surface area contributed by atoms with E-state index in [-0.39, 0.29) is 17.3 Å². The molecular formula is C10H14BrNO4S2. The van der Waals surface area contributed by atoms with Crippen LogP contribution in [0.5, 0.6) is 0 Å². The lowest BCUT2D eigenvalue weighted by molar-refractivity contribution is -0.140. The summed E-state index contributed by atoms with van der Waals surface area (Å²) in [6, 6.07) is 1.59. The van der Waals surface area contributed by atoms with Crippen molar-refractivity contribution < 1.29 is 17.9 Å². The quantitative estimate of drug-likeness (QED) is 0.757. The number of rotatable bonds is 5.